The van der Waals surface area contributed by atoms with Crippen LogP contribution in [-0.4, -0.2) is 5.91 Å². The molecule has 0 aromatic heterocycles. The molecule has 2 rings (SSSR count). The van der Waals surface area contributed by atoms with E-state index in [-0.39, 0.29) is 22.9 Å². The van der Waals surface area contributed by atoms with Crippen molar-refractivity contribution in [3.8, 4) is 0 Å². The van der Waals surface area contributed by atoms with Crippen molar-refractivity contribution < 1.29 is 9.18 Å². The number of carbonyl (C=O) groups is 1. The molecule has 0 saturated heterocycles. The second-order valence-electron chi connectivity index (χ2n) is 4.97. The number of amides is 1. The summed E-state index contributed by atoms with van der Waals surface area (Å²) < 4.78 is 13.4. The van der Waals surface area contributed by atoms with Crippen LogP contribution in [0, 0.1) is 17.2 Å². The van der Waals surface area contributed by atoms with Crippen molar-refractivity contribution in [2.75, 3.05) is 11.1 Å². The zero-order valence-corrected chi connectivity index (χ0v) is 9.38. The Balaban J connectivity index is 2.07. The molecule has 1 saturated carbocycles. The molecule has 0 radical (unpaired) electrons. The van der Waals surface area contributed by atoms with Gasteiger partial charge in [0.1, 0.15) is 5.82 Å². The van der Waals surface area contributed by atoms with Crippen LogP contribution in [0.5, 0.6) is 0 Å². The van der Waals surface area contributed by atoms with Gasteiger partial charge in [-0.25, -0.2) is 4.39 Å². The predicted molar refractivity (Wildman–Crippen MR) is 61.3 cm³/mol. The molecule has 1 atom stereocenters. The summed E-state index contributed by atoms with van der Waals surface area (Å²) in [4.78, 5) is 11.7. The Kier molecular flexibility index (Phi) is 2.37. The number of nitrogens with one attached hydrogen (secondary N) is 1. The van der Waals surface area contributed by atoms with E-state index in [2.05, 4.69) is 5.32 Å². The van der Waals surface area contributed by atoms with E-state index < -0.39 is 5.82 Å². The van der Waals surface area contributed by atoms with Gasteiger partial charge in [0.25, 0.3) is 0 Å². The molecule has 1 aromatic rings. The molecular formula is C12H15FN2O. The van der Waals surface area contributed by atoms with E-state index in [4.69, 9.17) is 5.73 Å². The van der Waals surface area contributed by atoms with Gasteiger partial charge in [-0.2, -0.15) is 0 Å². The van der Waals surface area contributed by atoms with Gasteiger partial charge in [0, 0.05) is 11.6 Å². The lowest BCUT2D eigenvalue weighted by molar-refractivity contribution is -0.118. The van der Waals surface area contributed by atoms with Gasteiger partial charge in [0.2, 0.25) is 5.91 Å². The van der Waals surface area contributed by atoms with Gasteiger partial charge in [-0.1, -0.05) is 13.8 Å². The Hall–Kier alpha value is -1.58. The minimum Gasteiger partial charge on any atom is -0.399 e. The monoisotopic (exact) mass is 222 g/mol. The maximum atomic E-state index is 13.4. The third-order valence-corrected chi connectivity index (χ3v) is 3.08. The van der Waals surface area contributed by atoms with Crippen LogP contribution < -0.4 is 11.1 Å². The van der Waals surface area contributed by atoms with E-state index in [1.807, 2.05) is 13.8 Å². The molecule has 0 aliphatic heterocycles. The van der Waals surface area contributed by atoms with Crippen LogP contribution in [0.25, 0.3) is 0 Å². The zero-order valence-electron chi connectivity index (χ0n) is 9.38. The second kappa shape index (κ2) is 3.47. The van der Waals surface area contributed by atoms with Crippen LogP contribution in [0.15, 0.2) is 18.2 Å². The third kappa shape index (κ3) is 2.01. The summed E-state index contributed by atoms with van der Waals surface area (Å²) in [5, 5.41) is 2.59. The molecule has 1 unspecified atom stereocenters. The maximum Gasteiger partial charge on any atom is 0.228 e. The molecule has 0 spiro atoms. The van der Waals surface area contributed by atoms with Crippen molar-refractivity contribution in [3.63, 3.8) is 0 Å². The first-order chi connectivity index (χ1) is 7.40. The molecule has 0 bridgehead atoms. The Morgan fingerprint density at radius 2 is 2.19 bits per heavy atom. The summed E-state index contributed by atoms with van der Waals surface area (Å²) in [7, 11) is 0. The number of carbonyl (C=O) groups excluding carboxylic acids is 1. The fourth-order valence-electron chi connectivity index (χ4n) is 1.77. The van der Waals surface area contributed by atoms with Gasteiger partial charge in [-0.05, 0) is 30.0 Å². The number of benzene rings is 1. The molecule has 86 valence electrons. The van der Waals surface area contributed by atoms with Crippen LogP contribution in [-0.2, 0) is 4.79 Å². The van der Waals surface area contributed by atoms with Crippen molar-refractivity contribution in [2.24, 2.45) is 11.3 Å². The van der Waals surface area contributed by atoms with E-state index >= 15 is 0 Å². The van der Waals surface area contributed by atoms with Gasteiger partial charge in [0.15, 0.2) is 0 Å². The molecule has 1 amide bonds. The van der Waals surface area contributed by atoms with Crippen LogP contribution in [0.2, 0.25) is 0 Å². The molecular weight excluding hydrogens is 207 g/mol. The molecule has 1 fully saturated rings. The van der Waals surface area contributed by atoms with Gasteiger partial charge < -0.3 is 11.1 Å². The smallest absolute Gasteiger partial charge is 0.228 e. The first-order valence-corrected chi connectivity index (χ1v) is 5.26. The Labute approximate surface area is 93.8 Å². The Bertz CT molecular complexity index is 443. The normalized spacial score (nSPS) is 21.6. The molecule has 4 heteroatoms. The first kappa shape index (κ1) is 10.9. The lowest BCUT2D eigenvalue weighted by Gasteiger charge is -2.07. The molecule has 1 aliphatic rings. The molecule has 0 heterocycles. The molecule has 1 aromatic carbocycles. The fourth-order valence-corrected chi connectivity index (χ4v) is 1.77. The number of nitrogens with two attached hydrogens (primary N) is 1. The van der Waals surface area contributed by atoms with E-state index in [0.717, 1.165) is 6.42 Å². The van der Waals surface area contributed by atoms with Crippen molar-refractivity contribution in [1.82, 2.24) is 0 Å². The van der Waals surface area contributed by atoms with Crippen molar-refractivity contribution in [2.45, 2.75) is 20.3 Å². The number of halogens is 1. The lowest BCUT2D eigenvalue weighted by atomic mass is 10.1. The van der Waals surface area contributed by atoms with Crippen molar-refractivity contribution in [3.05, 3.63) is 24.0 Å². The highest BCUT2D eigenvalue weighted by Gasteiger charge is 2.50. The predicted octanol–water partition coefficient (Wildman–Crippen LogP) is 2.39. The summed E-state index contributed by atoms with van der Waals surface area (Å²) in [6.45, 7) is 4.05. The summed E-state index contributed by atoms with van der Waals surface area (Å²) in [6, 6.07) is 4.25. The number of hydrogen-bond acceptors (Lipinski definition) is 2. The summed E-state index contributed by atoms with van der Waals surface area (Å²) in [5.74, 6) is -0.620. The summed E-state index contributed by atoms with van der Waals surface area (Å²) in [5.41, 5.74) is 6.02. The lowest BCUT2D eigenvalue weighted by Crippen LogP contribution is -2.17. The average molecular weight is 222 g/mol. The Morgan fingerprint density at radius 3 is 2.69 bits per heavy atom. The first-order valence-electron chi connectivity index (χ1n) is 5.26. The highest BCUT2D eigenvalue weighted by atomic mass is 19.1. The average Bonchev–Trinajstić information content (AvgIpc) is 2.80. The minimum absolute atomic E-state index is 0.00977. The van der Waals surface area contributed by atoms with Crippen LogP contribution >= 0.6 is 0 Å². The number of anilines is 2. The van der Waals surface area contributed by atoms with Gasteiger partial charge in [0.05, 0.1) is 5.69 Å². The largest absolute Gasteiger partial charge is 0.399 e. The summed E-state index contributed by atoms with van der Waals surface area (Å²) >= 11 is 0. The quantitative estimate of drug-likeness (QED) is 0.755. The SMILES string of the molecule is CC1(C)CC1C(=O)Nc1ccc(N)cc1F. The van der Waals surface area contributed by atoms with E-state index in [1.165, 1.54) is 12.1 Å². The molecule has 16 heavy (non-hydrogen) atoms. The number of hydrogen-bond donors (Lipinski definition) is 2. The van der Waals surface area contributed by atoms with Gasteiger partial charge in [-0.3, -0.25) is 4.79 Å². The van der Waals surface area contributed by atoms with Crippen molar-refractivity contribution in [1.29, 1.82) is 0 Å². The highest BCUT2D eigenvalue weighted by molar-refractivity contribution is 5.95. The molecule has 3 nitrogen and oxygen atoms in total. The Morgan fingerprint density at radius 1 is 1.56 bits per heavy atom. The maximum absolute atomic E-state index is 13.4. The number of rotatable bonds is 2. The minimum atomic E-state index is -0.494. The summed E-state index contributed by atoms with van der Waals surface area (Å²) in [6.07, 6.45) is 0.857. The van der Waals surface area contributed by atoms with Gasteiger partial charge >= 0.3 is 0 Å². The van der Waals surface area contributed by atoms with Crippen LogP contribution in [0.1, 0.15) is 20.3 Å². The standard InChI is InChI=1S/C12H15FN2O/c1-12(2)6-8(12)11(16)15-10-4-3-7(14)5-9(10)13/h3-5,8H,6,14H2,1-2H3,(H,15,16). The topological polar surface area (TPSA) is 55.1 Å². The van der Waals surface area contributed by atoms with E-state index in [1.54, 1.807) is 6.07 Å². The van der Waals surface area contributed by atoms with E-state index in [0.29, 0.717) is 5.69 Å². The number of nitrogen functional groups attached to an aromatic ring is 1. The van der Waals surface area contributed by atoms with Crippen LogP contribution in [0.4, 0.5) is 15.8 Å². The highest BCUT2D eigenvalue weighted by Crippen LogP contribution is 2.52. The van der Waals surface area contributed by atoms with E-state index in [9.17, 15) is 9.18 Å². The molecule has 3 N–H and O–H groups in total. The molecule has 1 aliphatic carbocycles. The zero-order chi connectivity index (χ0) is 11.9. The van der Waals surface area contributed by atoms with Crippen LogP contribution in [0.3, 0.4) is 0 Å². The second-order valence-corrected chi connectivity index (χ2v) is 4.97. The van der Waals surface area contributed by atoms with Crippen molar-refractivity contribution >= 4 is 17.3 Å². The van der Waals surface area contributed by atoms with Gasteiger partial charge in [-0.15, -0.1) is 0 Å². The third-order valence-electron chi connectivity index (χ3n) is 3.08. The fraction of sp³-hybridized carbons (Fsp3) is 0.417.